The van der Waals surface area contributed by atoms with Crippen LogP contribution >= 0.6 is 0 Å². The van der Waals surface area contributed by atoms with Crippen molar-refractivity contribution in [3.05, 3.63) is 42.1 Å². The summed E-state index contributed by atoms with van der Waals surface area (Å²) in [5, 5.41) is 0. The van der Waals surface area contributed by atoms with Crippen LogP contribution in [-0.4, -0.2) is 15.6 Å². The molecule has 1 aliphatic heterocycles. The highest BCUT2D eigenvalue weighted by Crippen LogP contribution is 2.29. The Labute approximate surface area is 105 Å². The Morgan fingerprint density at radius 3 is 3.06 bits per heavy atom. The van der Waals surface area contributed by atoms with Crippen molar-refractivity contribution in [3.8, 4) is 11.3 Å². The first-order valence-corrected chi connectivity index (χ1v) is 6.22. The van der Waals surface area contributed by atoms with Crippen LogP contribution in [0, 0.1) is 5.82 Å². The maximum atomic E-state index is 13.2. The molecule has 0 bridgehead atoms. The van der Waals surface area contributed by atoms with Crippen molar-refractivity contribution in [2.75, 3.05) is 0 Å². The second-order valence-electron chi connectivity index (χ2n) is 5.04. The molecule has 94 valence electrons. The minimum absolute atomic E-state index is 0.182. The highest BCUT2D eigenvalue weighted by atomic mass is 19.1. The molecule has 1 aliphatic rings. The summed E-state index contributed by atoms with van der Waals surface area (Å²) in [5.74, 6) is 1.18. The monoisotopic (exact) mass is 245 g/mol. The van der Waals surface area contributed by atoms with Gasteiger partial charge in [-0.05, 0) is 18.6 Å². The van der Waals surface area contributed by atoms with Gasteiger partial charge in [-0.3, -0.25) is 0 Å². The van der Waals surface area contributed by atoms with E-state index in [-0.39, 0.29) is 11.9 Å². The van der Waals surface area contributed by atoms with Crippen LogP contribution in [0.2, 0.25) is 0 Å². The third kappa shape index (κ3) is 1.93. The molecule has 0 spiro atoms. The molecule has 0 saturated heterocycles. The Morgan fingerprint density at radius 1 is 1.44 bits per heavy atom. The number of hydrogen-bond donors (Lipinski definition) is 1. The molecule has 2 atom stereocenters. The number of nitrogens with zero attached hydrogens (tertiary/aromatic N) is 2. The number of rotatable bonds is 1. The fourth-order valence-corrected chi connectivity index (χ4v) is 2.64. The van der Waals surface area contributed by atoms with Gasteiger partial charge in [-0.2, -0.15) is 0 Å². The number of aromatic nitrogens is 2. The number of fused-ring (bicyclic) bond motifs is 1. The van der Waals surface area contributed by atoms with E-state index >= 15 is 0 Å². The molecule has 1 aromatic heterocycles. The molecular formula is C14H16FN3. The van der Waals surface area contributed by atoms with E-state index in [2.05, 4.69) is 16.5 Å². The molecule has 0 amide bonds. The summed E-state index contributed by atoms with van der Waals surface area (Å²) in [7, 11) is 0. The normalized spacial score (nSPS) is 22.8. The van der Waals surface area contributed by atoms with Gasteiger partial charge in [-0.1, -0.05) is 19.1 Å². The van der Waals surface area contributed by atoms with Gasteiger partial charge in [0.05, 0.1) is 5.69 Å². The maximum absolute atomic E-state index is 13.2. The SMILES string of the molecule is CC1CC(N)Cn2cc(-c3cccc(F)c3)nc21. The molecule has 2 unspecified atom stereocenters. The van der Waals surface area contributed by atoms with Gasteiger partial charge >= 0.3 is 0 Å². The largest absolute Gasteiger partial charge is 0.332 e. The van der Waals surface area contributed by atoms with E-state index in [1.165, 1.54) is 12.1 Å². The molecule has 2 N–H and O–H groups in total. The molecule has 18 heavy (non-hydrogen) atoms. The zero-order chi connectivity index (χ0) is 12.7. The summed E-state index contributed by atoms with van der Waals surface area (Å²) in [6.45, 7) is 2.93. The van der Waals surface area contributed by atoms with Crippen LogP contribution in [0.4, 0.5) is 4.39 Å². The molecule has 0 aliphatic carbocycles. The van der Waals surface area contributed by atoms with Crippen molar-refractivity contribution < 1.29 is 4.39 Å². The average Bonchev–Trinajstić information content (AvgIpc) is 2.73. The summed E-state index contributed by atoms with van der Waals surface area (Å²) in [5.41, 5.74) is 7.65. The summed E-state index contributed by atoms with van der Waals surface area (Å²) in [4.78, 5) is 4.62. The van der Waals surface area contributed by atoms with Gasteiger partial charge in [-0.25, -0.2) is 9.37 Å². The highest BCUT2D eigenvalue weighted by molar-refractivity contribution is 5.58. The lowest BCUT2D eigenvalue weighted by Gasteiger charge is -2.25. The lowest BCUT2D eigenvalue weighted by atomic mass is 9.98. The summed E-state index contributed by atoms with van der Waals surface area (Å²) in [6, 6.07) is 6.72. The summed E-state index contributed by atoms with van der Waals surface area (Å²) < 4.78 is 15.3. The van der Waals surface area contributed by atoms with Crippen LogP contribution in [0.5, 0.6) is 0 Å². The smallest absolute Gasteiger partial charge is 0.123 e. The van der Waals surface area contributed by atoms with E-state index in [9.17, 15) is 4.39 Å². The summed E-state index contributed by atoms with van der Waals surface area (Å²) in [6.07, 6.45) is 2.93. The first kappa shape index (κ1) is 11.4. The lowest BCUT2D eigenvalue weighted by molar-refractivity contribution is 0.407. The van der Waals surface area contributed by atoms with E-state index in [1.807, 2.05) is 12.3 Å². The van der Waals surface area contributed by atoms with Gasteiger partial charge in [0, 0.05) is 30.3 Å². The molecule has 2 aromatic rings. The molecule has 0 saturated carbocycles. The van der Waals surface area contributed by atoms with Gasteiger partial charge in [0.15, 0.2) is 0 Å². The lowest BCUT2D eigenvalue weighted by Crippen LogP contribution is -2.33. The van der Waals surface area contributed by atoms with Gasteiger partial charge in [0.1, 0.15) is 11.6 Å². The third-order valence-corrected chi connectivity index (χ3v) is 3.46. The van der Waals surface area contributed by atoms with E-state index in [0.717, 1.165) is 30.0 Å². The fraction of sp³-hybridized carbons (Fsp3) is 0.357. The second kappa shape index (κ2) is 4.21. The molecular weight excluding hydrogens is 229 g/mol. The fourth-order valence-electron chi connectivity index (χ4n) is 2.64. The molecule has 4 heteroatoms. The average molecular weight is 245 g/mol. The predicted octanol–water partition coefficient (Wildman–Crippen LogP) is 2.52. The Morgan fingerprint density at radius 2 is 2.28 bits per heavy atom. The first-order chi connectivity index (χ1) is 8.63. The minimum atomic E-state index is -0.233. The van der Waals surface area contributed by atoms with Crippen LogP contribution in [0.15, 0.2) is 30.5 Å². The van der Waals surface area contributed by atoms with Gasteiger partial charge < -0.3 is 10.3 Å². The summed E-state index contributed by atoms with van der Waals surface area (Å²) >= 11 is 0. The topological polar surface area (TPSA) is 43.8 Å². The number of halogens is 1. The molecule has 3 rings (SSSR count). The molecule has 0 radical (unpaired) electrons. The van der Waals surface area contributed by atoms with Crippen LogP contribution in [0.1, 0.15) is 25.1 Å². The van der Waals surface area contributed by atoms with Crippen molar-refractivity contribution in [2.45, 2.75) is 31.8 Å². The van der Waals surface area contributed by atoms with E-state index in [0.29, 0.717) is 5.92 Å². The van der Waals surface area contributed by atoms with Gasteiger partial charge in [0.25, 0.3) is 0 Å². The Bertz CT molecular complexity index is 576. The van der Waals surface area contributed by atoms with Crippen LogP contribution in [-0.2, 0) is 6.54 Å². The van der Waals surface area contributed by atoms with Crippen molar-refractivity contribution in [1.29, 1.82) is 0 Å². The first-order valence-electron chi connectivity index (χ1n) is 6.22. The zero-order valence-electron chi connectivity index (χ0n) is 10.3. The van der Waals surface area contributed by atoms with E-state index in [1.54, 1.807) is 6.07 Å². The van der Waals surface area contributed by atoms with Crippen LogP contribution in [0.25, 0.3) is 11.3 Å². The van der Waals surface area contributed by atoms with Crippen molar-refractivity contribution in [1.82, 2.24) is 9.55 Å². The Kier molecular flexibility index (Phi) is 2.67. The van der Waals surface area contributed by atoms with Crippen molar-refractivity contribution in [2.24, 2.45) is 5.73 Å². The molecule has 3 nitrogen and oxygen atoms in total. The van der Waals surface area contributed by atoms with E-state index in [4.69, 9.17) is 5.73 Å². The number of imidazole rings is 1. The van der Waals surface area contributed by atoms with Crippen molar-refractivity contribution >= 4 is 0 Å². The van der Waals surface area contributed by atoms with Gasteiger partial charge in [0.2, 0.25) is 0 Å². The number of hydrogen-bond acceptors (Lipinski definition) is 2. The van der Waals surface area contributed by atoms with Gasteiger partial charge in [-0.15, -0.1) is 0 Å². The van der Waals surface area contributed by atoms with Crippen LogP contribution in [0.3, 0.4) is 0 Å². The molecule has 1 aromatic carbocycles. The standard InChI is InChI=1S/C14H16FN3/c1-9-5-12(16)7-18-8-13(17-14(9)18)10-3-2-4-11(15)6-10/h2-4,6,8-9,12H,5,7,16H2,1H3. The Balaban J connectivity index is 2.03. The van der Waals surface area contributed by atoms with Crippen molar-refractivity contribution in [3.63, 3.8) is 0 Å². The highest BCUT2D eigenvalue weighted by Gasteiger charge is 2.24. The zero-order valence-corrected chi connectivity index (χ0v) is 10.3. The minimum Gasteiger partial charge on any atom is -0.332 e. The van der Waals surface area contributed by atoms with Crippen LogP contribution < -0.4 is 5.73 Å². The maximum Gasteiger partial charge on any atom is 0.123 e. The molecule has 2 heterocycles. The quantitative estimate of drug-likeness (QED) is 0.839. The number of benzene rings is 1. The third-order valence-electron chi connectivity index (χ3n) is 3.46. The molecule has 0 fully saturated rings. The van der Waals surface area contributed by atoms with E-state index < -0.39 is 0 Å². The second-order valence-corrected chi connectivity index (χ2v) is 5.04. The Hall–Kier alpha value is -1.68. The predicted molar refractivity (Wildman–Crippen MR) is 68.6 cm³/mol. The number of nitrogens with two attached hydrogens (primary N) is 1.